The van der Waals surface area contributed by atoms with E-state index in [1.807, 2.05) is 37.3 Å². The van der Waals surface area contributed by atoms with Crippen LogP contribution in [0.2, 0.25) is 5.02 Å². The summed E-state index contributed by atoms with van der Waals surface area (Å²) in [5, 5.41) is 0.539. The summed E-state index contributed by atoms with van der Waals surface area (Å²) < 4.78 is 25.8. The molecular weight excluding hydrogens is 372 g/mol. The molecule has 2 aromatic rings. The van der Waals surface area contributed by atoms with E-state index in [1.165, 1.54) is 4.31 Å². The number of carbonyl (C=O) groups excluding carboxylic acids is 1. The van der Waals surface area contributed by atoms with Gasteiger partial charge in [-0.3, -0.25) is 9.10 Å². The van der Waals surface area contributed by atoms with Crippen LogP contribution in [0.4, 0.5) is 11.4 Å². The molecule has 0 aliphatic heterocycles. The highest BCUT2D eigenvalue weighted by Gasteiger charge is 2.22. The summed E-state index contributed by atoms with van der Waals surface area (Å²) in [5.74, 6) is -0.126. The molecule has 0 N–H and O–H groups in total. The third-order valence-electron chi connectivity index (χ3n) is 4.04. The Bertz CT molecular complexity index is 870. The predicted octanol–water partition coefficient (Wildman–Crippen LogP) is 3.86. The fourth-order valence-electron chi connectivity index (χ4n) is 2.81. The molecule has 2 rings (SSSR count). The first-order valence-corrected chi connectivity index (χ1v) is 10.6. The van der Waals surface area contributed by atoms with Crippen LogP contribution in [-0.4, -0.2) is 33.7 Å². The van der Waals surface area contributed by atoms with Crippen molar-refractivity contribution in [2.45, 2.75) is 20.3 Å². The molecule has 7 heteroatoms. The number of benzene rings is 2. The Balaban J connectivity index is 2.21. The lowest BCUT2D eigenvalue weighted by Crippen LogP contribution is -2.37. The van der Waals surface area contributed by atoms with Gasteiger partial charge >= 0.3 is 0 Å². The molecule has 140 valence electrons. The average Bonchev–Trinajstić information content (AvgIpc) is 2.57. The van der Waals surface area contributed by atoms with Crippen LogP contribution in [0.1, 0.15) is 18.9 Å². The van der Waals surface area contributed by atoms with Crippen molar-refractivity contribution in [2.75, 3.05) is 28.6 Å². The summed E-state index contributed by atoms with van der Waals surface area (Å²) in [7, 11) is -3.53. The molecule has 2 aromatic carbocycles. The van der Waals surface area contributed by atoms with Gasteiger partial charge in [0.1, 0.15) is 0 Å². The molecule has 0 saturated carbocycles. The van der Waals surface area contributed by atoms with Crippen LogP contribution in [-0.2, 0) is 14.8 Å². The van der Waals surface area contributed by atoms with Gasteiger partial charge in [-0.2, -0.15) is 0 Å². The molecule has 0 atom stereocenters. The van der Waals surface area contributed by atoms with Crippen LogP contribution in [0.25, 0.3) is 0 Å². The van der Waals surface area contributed by atoms with E-state index in [1.54, 1.807) is 30.0 Å². The van der Waals surface area contributed by atoms with Crippen molar-refractivity contribution in [3.8, 4) is 0 Å². The molecular formula is C19H23ClN2O3S. The van der Waals surface area contributed by atoms with Crippen molar-refractivity contribution in [1.29, 1.82) is 0 Å². The molecule has 0 fully saturated rings. The van der Waals surface area contributed by atoms with Gasteiger partial charge in [0.25, 0.3) is 0 Å². The van der Waals surface area contributed by atoms with E-state index in [9.17, 15) is 13.2 Å². The second kappa shape index (κ2) is 8.56. The third kappa shape index (κ3) is 4.99. The summed E-state index contributed by atoms with van der Waals surface area (Å²) in [5.41, 5.74) is 2.08. The molecule has 0 unspecified atom stereocenters. The van der Waals surface area contributed by atoms with Gasteiger partial charge in [0.15, 0.2) is 0 Å². The zero-order chi connectivity index (χ0) is 19.3. The van der Waals surface area contributed by atoms with Gasteiger partial charge in [-0.15, -0.1) is 0 Å². The molecule has 1 amide bonds. The molecule has 26 heavy (non-hydrogen) atoms. The lowest BCUT2D eigenvalue weighted by molar-refractivity contribution is -0.118. The normalized spacial score (nSPS) is 11.2. The number of halogens is 1. The molecule has 0 spiro atoms. The third-order valence-corrected chi connectivity index (χ3v) is 5.46. The van der Waals surface area contributed by atoms with E-state index < -0.39 is 10.0 Å². The maximum absolute atomic E-state index is 12.7. The Hall–Kier alpha value is -2.05. The quantitative estimate of drug-likeness (QED) is 0.716. The fourth-order valence-corrected chi connectivity index (χ4v) is 4.02. The van der Waals surface area contributed by atoms with Crippen LogP contribution < -0.4 is 9.21 Å². The number of carbonyl (C=O) groups is 1. The highest BCUT2D eigenvalue weighted by molar-refractivity contribution is 7.92. The largest absolute Gasteiger partial charge is 0.313 e. The molecule has 0 aliphatic rings. The van der Waals surface area contributed by atoms with E-state index in [0.717, 1.165) is 17.5 Å². The van der Waals surface area contributed by atoms with Gasteiger partial charge in [-0.25, -0.2) is 8.42 Å². The van der Waals surface area contributed by atoms with Crippen LogP contribution in [0.5, 0.6) is 0 Å². The molecule has 0 aliphatic carbocycles. The van der Waals surface area contributed by atoms with Gasteiger partial charge in [-0.05, 0) is 49.7 Å². The van der Waals surface area contributed by atoms with Gasteiger partial charge < -0.3 is 4.90 Å². The second-order valence-electron chi connectivity index (χ2n) is 5.99. The van der Waals surface area contributed by atoms with Crippen molar-refractivity contribution in [3.05, 3.63) is 59.1 Å². The number of para-hydroxylation sites is 1. The SMILES string of the molecule is CCN(C(=O)CCN(c1ccc(Cl)cc1C)S(C)(=O)=O)c1ccccc1. The number of hydrogen-bond donors (Lipinski definition) is 0. The van der Waals surface area contributed by atoms with Crippen molar-refractivity contribution >= 4 is 38.9 Å². The molecule has 5 nitrogen and oxygen atoms in total. The number of aryl methyl sites for hydroxylation is 1. The van der Waals surface area contributed by atoms with Crippen molar-refractivity contribution in [2.24, 2.45) is 0 Å². The topological polar surface area (TPSA) is 57.7 Å². The van der Waals surface area contributed by atoms with Crippen molar-refractivity contribution < 1.29 is 13.2 Å². The molecule has 0 bridgehead atoms. The van der Waals surface area contributed by atoms with Crippen LogP contribution in [0.15, 0.2) is 48.5 Å². The Morgan fingerprint density at radius 1 is 1.12 bits per heavy atom. The first-order valence-electron chi connectivity index (χ1n) is 8.33. The molecule has 0 aromatic heterocycles. The number of anilines is 2. The summed E-state index contributed by atoms with van der Waals surface area (Å²) in [6, 6.07) is 14.4. The standard InChI is InChI=1S/C19H23ClN2O3S/c1-4-21(17-8-6-5-7-9-17)19(23)12-13-22(26(3,24)25)18-11-10-16(20)14-15(18)2/h5-11,14H,4,12-13H2,1-3H3. The van der Waals surface area contributed by atoms with E-state index >= 15 is 0 Å². The van der Waals surface area contributed by atoms with Crippen molar-refractivity contribution in [3.63, 3.8) is 0 Å². The zero-order valence-corrected chi connectivity index (χ0v) is 16.7. The fraction of sp³-hybridized carbons (Fsp3) is 0.316. The first-order chi connectivity index (χ1) is 12.2. The maximum atomic E-state index is 12.7. The molecule has 0 saturated heterocycles. The van der Waals surface area contributed by atoms with Crippen LogP contribution in [0.3, 0.4) is 0 Å². The minimum atomic E-state index is -3.53. The van der Waals surface area contributed by atoms with Crippen molar-refractivity contribution in [1.82, 2.24) is 0 Å². The van der Waals surface area contributed by atoms with Crippen LogP contribution in [0, 0.1) is 6.92 Å². The lowest BCUT2D eigenvalue weighted by Gasteiger charge is -2.26. The smallest absolute Gasteiger partial charge is 0.232 e. The Kier molecular flexibility index (Phi) is 6.67. The number of hydrogen-bond acceptors (Lipinski definition) is 3. The zero-order valence-electron chi connectivity index (χ0n) is 15.1. The highest BCUT2D eigenvalue weighted by atomic mass is 35.5. The first kappa shape index (κ1) is 20.3. The Labute approximate surface area is 160 Å². The number of amides is 1. The predicted molar refractivity (Wildman–Crippen MR) is 107 cm³/mol. The van der Waals surface area contributed by atoms with Gasteiger partial charge in [0, 0.05) is 30.2 Å². The van der Waals surface area contributed by atoms with Gasteiger partial charge in [0.2, 0.25) is 15.9 Å². The van der Waals surface area contributed by atoms with Gasteiger partial charge in [-0.1, -0.05) is 29.8 Å². The second-order valence-corrected chi connectivity index (χ2v) is 8.33. The average molecular weight is 395 g/mol. The monoisotopic (exact) mass is 394 g/mol. The van der Waals surface area contributed by atoms with E-state index in [-0.39, 0.29) is 18.9 Å². The minimum Gasteiger partial charge on any atom is -0.313 e. The summed E-state index contributed by atoms with van der Waals surface area (Å²) in [6.07, 6.45) is 1.22. The Morgan fingerprint density at radius 3 is 2.31 bits per heavy atom. The number of rotatable bonds is 7. The van der Waals surface area contributed by atoms with E-state index in [0.29, 0.717) is 17.3 Å². The summed E-state index contributed by atoms with van der Waals surface area (Å²) in [4.78, 5) is 14.3. The minimum absolute atomic E-state index is 0.0729. The molecule has 0 radical (unpaired) electrons. The van der Waals surface area contributed by atoms with Gasteiger partial charge in [0.05, 0.1) is 11.9 Å². The van der Waals surface area contributed by atoms with Crippen LogP contribution >= 0.6 is 11.6 Å². The van der Waals surface area contributed by atoms with E-state index in [4.69, 9.17) is 11.6 Å². The summed E-state index contributed by atoms with van der Waals surface area (Å²) in [6.45, 7) is 4.28. The number of sulfonamides is 1. The maximum Gasteiger partial charge on any atom is 0.232 e. The summed E-state index contributed by atoms with van der Waals surface area (Å²) >= 11 is 5.96. The highest BCUT2D eigenvalue weighted by Crippen LogP contribution is 2.26. The molecule has 0 heterocycles. The number of nitrogens with zero attached hydrogens (tertiary/aromatic N) is 2. The Morgan fingerprint density at radius 2 is 1.77 bits per heavy atom. The van der Waals surface area contributed by atoms with E-state index in [2.05, 4.69) is 0 Å². The lowest BCUT2D eigenvalue weighted by atomic mass is 10.2.